The Kier molecular flexibility index (Phi) is 8.75. The van der Waals surface area contributed by atoms with Crippen LogP contribution in [-0.4, -0.2) is 89.3 Å². The number of rotatable bonds is 12. The number of aromatic nitrogens is 1. The summed E-state index contributed by atoms with van der Waals surface area (Å²) in [5, 5.41) is 18.8. The molecule has 12 heteroatoms. The highest BCUT2D eigenvalue weighted by atomic mass is 16.5. The lowest BCUT2D eigenvalue weighted by Gasteiger charge is -2.34. The molecule has 2 saturated heterocycles. The second-order valence-corrected chi connectivity index (χ2v) is 13.3. The summed E-state index contributed by atoms with van der Waals surface area (Å²) < 4.78 is 5.41. The molecule has 0 bridgehead atoms. The van der Waals surface area contributed by atoms with Gasteiger partial charge >= 0.3 is 0 Å². The number of aliphatic hydroxyl groups excluding tert-OH is 1. The standard InChI is InChI=1S/C32H43N5O7/c1-16(2)11-23(36-29(41)22-13-18-20(34-22)7-6-8-25(18)44-5)31(43)37-14-19-26(32(19,3)4)27(37)30(42)35-21(24(39)15-38)12-17-9-10-33-28(17)40/h6-8,13,16-17,19,21,23,26-27,34,38H,9-12,14-15H2,1-5H3,(H,33,40)(H,35,42)(H,36,41)/t17-,19-,21-,23-,26-,27-/m0/s1. The van der Waals surface area contributed by atoms with E-state index in [1.165, 1.54) is 0 Å². The summed E-state index contributed by atoms with van der Waals surface area (Å²) in [6.07, 6.45) is 0.978. The number of ether oxygens (including phenoxy) is 1. The quantitative estimate of drug-likeness (QED) is 0.242. The molecule has 3 aliphatic rings. The number of aliphatic hydroxyl groups is 1. The number of benzene rings is 1. The van der Waals surface area contributed by atoms with Crippen LogP contribution in [-0.2, 0) is 19.2 Å². The Balaban J connectivity index is 1.36. The molecule has 0 radical (unpaired) electrons. The maximum Gasteiger partial charge on any atom is 0.268 e. The van der Waals surface area contributed by atoms with Gasteiger partial charge in [-0.2, -0.15) is 0 Å². The summed E-state index contributed by atoms with van der Waals surface area (Å²) in [6, 6.07) is 4.35. The van der Waals surface area contributed by atoms with Gasteiger partial charge in [0.2, 0.25) is 17.7 Å². The molecule has 3 heterocycles. The van der Waals surface area contributed by atoms with Crippen LogP contribution in [0.3, 0.4) is 0 Å². The van der Waals surface area contributed by atoms with Crippen molar-refractivity contribution in [3.05, 3.63) is 30.0 Å². The Labute approximate surface area is 256 Å². The van der Waals surface area contributed by atoms with Crippen LogP contribution in [0.4, 0.5) is 0 Å². The molecule has 1 aromatic carbocycles. The number of carbonyl (C=O) groups excluding carboxylic acids is 5. The molecule has 3 fully saturated rings. The lowest BCUT2D eigenvalue weighted by atomic mass is 9.94. The second-order valence-electron chi connectivity index (χ2n) is 13.3. The minimum atomic E-state index is -1.05. The largest absolute Gasteiger partial charge is 0.496 e. The predicted molar refractivity (Wildman–Crippen MR) is 162 cm³/mol. The fourth-order valence-electron chi connectivity index (χ4n) is 7.16. The molecule has 1 aliphatic carbocycles. The Bertz CT molecular complexity index is 1470. The van der Waals surface area contributed by atoms with Crippen molar-refractivity contribution < 1.29 is 33.8 Å². The lowest BCUT2D eigenvalue weighted by molar-refractivity contribution is -0.143. The monoisotopic (exact) mass is 609 g/mol. The van der Waals surface area contributed by atoms with Crippen molar-refractivity contribution in [2.24, 2.45) is 29.1 Å². The van der Waals surface area contributed by atoms with Crippen molar-refractivity contribution in [1.29, 1.82) is 0 Å². The van der Waals surface area contributed by atoms with E-state index >= 15 is 0 Å². The van der Waals surface area contributed by atoms with Gasteiger partial charge in [-0.1, -0.05) is 33.8 Å². The van der Waals surface area contributed by atoms with E-state index in [1.807, 2.05) is 26.0 Å². The number of Topliss-reactive ketones (excluding diaryl/α,β-unsaturated/α-hetero) is 1. The van der Waals surface area contributed by atoms with Crippen LogP contribution in [0.15, 0.2) is 24.3 Å². The van der Waals surface area contributed by atoms with E-state index in [9.17, 15) is 29.1 Å². The fraction of sp³-hybridized carbons (Fsp3) is 0.594. The summed E-state index contributed by atoms with van der Waals surface area (Å²) in [6.45, 7) is 8.11. The third kappa shape index (κ3) is 5.91. The third-order valence-corrected chi connectivity index (χ3v) is 9.70. The number of likely N-dealkylation sites (tertiary alicyclic amines) is 1. The third-order valence-electron chi connectivity index (χ3n) is 9.70. The Morgan fingerprint density at radius 2 is 1.91 bits per heavy atom. The van der Waals surface area contributed by atoms with Gasteiger partial charge in [-0.3, -0.25) is 24.0 Å². The van der Waals surface area contributed by atoms with Crippen LogP contribution >= 0.6 is 0 Å². The molecule has 5 rings (SSSR count). The number of ketones is 1. The molecule has 1 aromatic heterocycles. The van der Waals surface area contributed by atoms with Gasteiger partial charge in [-0.05, 0) is 60.6 Å². The normalized spacial score (nSPS) is 24.9. The topological polar surface area (TPSA) is 170 Å². The molecule has 2 aromatic rings. The van der Waals surface area contributed by atoms with Crippen LogP contribution in [0.25, 0.3) is 10.9 Å². The van der Waals surface area contributed by atoms with Crippen LogP contribution < -0.4 is 20.7 Å². The molecule has 2 aliphatic heterocycles. The SMILES string of the molecule is COc1cccc2[nH]c(C(=O)N[C@@H](CC(C)C)C(=O)N3C[C@H]4[C@@H]([C@H]3C(=O)N[C@@H](C[C@@H]3CCNC3=O)C(=O)CO)C4(C)C)cc12. The molecule has 44 heavy (non-hydrogen) atoms. The molecule has 238 valence electrons. The van der Waals surface area contributed by atoms with Gasteiger partial charge in [0.15, 0.2) is 5.78 Å². The van der Waals surface area contributed by atoms with Crippen LogP contribution in [0, 0.1) is 29.1 Å². The molecule has 4 amide bonds. The first-order chi connectivity index (χ1) is 20.9. The first-order valence-corrected chi connectivity index (χ1v) is 15.4. The minimum Gasteiger partial charge on any atom is -0.496 e. The number of nitrogens with one attached hydrogen (secondary N) is 4. The first kappa shape index (κ1) is 31.5. The number of nitrogens with zero attached hydrogens (tertiary/aromatic N) is 1. The first-order valence-electron chi connectivity index (χ1n) is 15.4. The zero-order chi connectivity index (χ0) is 31.9. The van der Waals surface area contributed by atoms with E-state index in [0.29, 0.717) is 31.7 Å². The number of methoxy groups -OCH3 is 1. The number of aromatic amines is 1. The van der Waals surface area contributed by atoms with Crippen molar-refractivity contribution in [2.45, 2.75) is 65.1 Å². The second kappa shape index (κ2) is 12.2. The Morgan fingerprint density at radius 3 is 2.55 bits per heavy atom. The van der Waals surface area contributed by atoms with Gasteiger partial charge in [0.25, 0.3) is 5.91 Å². The summed E-state index contributed by atoms with van der Waals surface area (Å²) in [7, 11) is 1.56. The highest BCUT2D eigenvalue weighted by molar-refractivity contribution is 6.02. The lowest BCUT2D eigenvalue weighted by Crippen LogP contribution is -2.58. The molecule has 5 N–H and O–H groups in total. The maximum atomic E-state index is 14.2. The van der Waals surface area contributed by atoms with Crippen LogP contribution in [0.1, 0.15) is 57.4 Å². The van der Waals surface area contributed by atoms with Gasteiger partial charge in [-0.15, -0.1) is 0 Å². The summed E-state index contributed by atoms with van der Waals surface area (Å²) in [5.74, 6) is -1.85. The van der Waals surface area contributed by atoms with Crippen molar-refractivity contribution in [3.63, 3.8) is 0 Å². The molecule has 0 spiro atoms. The van der Waals surface area contributed by atoms with Gasteiger partial charge in [0, 0.05) is 29.9 Å². The van der Waals surface area contributed by atoms with E-state index in [4.69, 9.17) is 4.74 Å². The number of carbonyl (C=O) groups is 5. The van der Waals surface area contributed by atoms with E-state index in [-0.39, 0.29) is 47.1 Å². The van der Waals surface area contributed by atoms with E-state index in [0.717, 1.165) is 10.9 Å². The van der Waals surface area contributed by atoms with Gasteiger partial charge in [-0.25, -0.2) is 0 Å². The highest BCUT2D eigenvalue weighted by Crippen LogP contribution is 2.65. The Hall–Kier alpha value is -3.93. The maximum absolute atomic E-state index is 14.2. The highest BCUT2D eigenvalue weighted by Gasteiger charge is 2.69. The van der Waals surface area contributed by atoms with Crippen LogP contribution in [0.5, 0.6) is 5.75 Å². The van der Waals surface area contributed by atoms with Crippen molar-refractivity contribution in [2.75, 3.05) is 26.8 Å². The van der Waals surface area contributed by atoms with Gasteiger partial charge in [0.05, 0.1) is 13.2 Å². The zero-order valence-corrected chi connectivity index (χ0v) is 25.9. The van der Waals surface area contributed by atoms with E-state index in [2.05, 4.69) is 34.8 Å². The number of piperidine rings is 1. The summed E-state index contributed by atoms with van der Waals surface area (Å²) >= 11 is 0. The fourth-order valence-corrected chi connectivity index (χ4v) is 7.16. The summed E-state index contributed by atoms with van der Waals surface area (Å²) in [5.41, 5.74) is 0.829. The molecule has 6 atom stereocenters. The van der Waals surface area contributed by atoms with Gasteiger partial charge in [0.1, 0.15) is 30.1 Å². The number of H-pyrrole nitrogens is 1. The average Bonchev–Trinajstić information content (AvgIpc) is 3.50. The smallest absolute Gasteiger partial charge is 0.268 e. The number of amides is 4. The number of hydrogen-bond acceptors (Lipinski definition) is 7. The number of fused-ring (bicyclic) bond motifs is 2. The molecular weight excluding hydrogens is 566 g/mol. The van der Waals surface area contributed by atoms with E-state index < -0.39 is 48.2 Å². The molecule has 12 nitrogen and oxygen atoms in total. The predicted octanol–water partition coefficient (Wildman–Crippen LogP) is 1.38. The summed E-state index contributed by atoms with van der Waals surface area (Å²) in [4.78, 5) is 70.9. The Morgan fingerprint density at radius 1 is 1.16 bits per heavy atom. The average molecular weight is 610 g/mol. The number of hydrogen-bond donors (Lipinski definition) is 5. The minimum absolute atomic E-state index is 0.0667. The van der Waals surface area contributed by atoms with Crippen molar-refractivity contribution >= 4 is 40.3 Å². The van der Waals surface area contributed by atoms with Crippen molar-refractivity contribution in [1.82, 2.24) is 25.8 Å². The molecular formula is C32H43N5O7. The van der Waals surface area contributed by atoms with Crippen molar-refractivity contribution in [3.8, 4) is 5.75 Å². The molecule has 0 unspecified atom stereocenters. The van der Waals surface area contributed by atoms with Crippen LogP contribution in [0.2, 0.25) is 0 Å². The molecule has 1 saturated carbocycles. The van der Waals surface area contributed by atoms with Gasteiger partial charge < -0.3 is 35.7 Å². The zero-order valence-electron chi connectivity index (χ0n) is 25.9. The van der Waals surface area contributed by atoms with E-state index in [1.54, 1.807) is 24.1 Å².